The van der Waals surface area contributed by atoms with E-state index in [0.29, 0.717) is 5.92 Å². The molecular formula is C17H25BrO. The summed E-state index contributed by atoms with van der Waals surface area (Å²) in [5.41, 5.74) is 0.751. The predicted molar refractivity (Wildman–Crippen MR) is 84.2 cm³/mol. The molecule has 19 heavy (non-hydrogen) atoms. The third-order valence-corrected chi connectivity index (χ3v) is 4.64. The van der Waals surface area contributed by atoms with Crippen LogP contribution >= 0.6 is 15.9 Å². The Bertz CT molecular complexity index is 415. The fourth-order valence-corrected chi connectivity index (χ4v) is 3.96. The molecule has 0 aliphatic heterocycles. The van der Waals surface area contributed by atoms with Crippen LogP contribution in [0.3, 0.4) is 0 Å². The summed E-state index contributed by atoms with van der Waals surface area (Å²) in [6.07, 6.45) is 6.43. The van der Waals surface area contributed by atoms with Crippen LogP contribution in [0.5, 0.6) is 0 Å². The van der Waals surface area contributed by atoms with Crippen molar-refractivity contribution < 1.29 is 5.11 Å². The number of hydrogen-bond donors (Lipinski definition) is 1. The molecule has 0 radical (unpaired) electrons. The molecule has 106 valence electrons. The van der Waals surface area contributed by atoms with E-state index in [4.69, 9.17) is 0 Å². The maximum atomic E-state index is 10.9. The molecule has 0 bridgehead atoms. The first-order valence-corrected chi connectivity index (χ1v) is 8.23. The molecule has 2 unspecified atom stereocenters. The van der Waals surface area contributed by atoms with Crippen molar-refractivity contribution in [2.45, 2.75) is 58.0 Å². The quantitative estimate of drug-likeness (QED) is 0.829. The van der Waals surface area contributed by atoms with E-state index in [1.807, 2.05) is 6.07 Å². The predicted octanol–water partition coefficient (Wildman–Crippen LogP) is 4.96. The van der Waals surface area contributed by atoms with Gasteiger partial charge >= 0.3 is 0 Å². The van der Waals surface area contributed by atoms with Gasteiger partial charge < -0.3 is 5.11 Å². The minimum atomic E-state index is -0.488. The second kappa shape index (κ2) is 6.41. The summed E-state index contributed by atoms with van der Waals surface area (Å²) >= 11 is 3.51. The summed E-state index contributed by atoms with van der Waals surface area (Å²) < 4.78 is 1.10. The molecule has 0 saturated heterocycles. The monoisotopic (exact) mass is 324 g/mol. The Morgan fingerprint density at radius 2 is 2.21 bits per heavy atom. The van der Waals surface area contributed by atoms with E-state index >= 15 is 0 Å². The molecule has 0 aromatic heterocycles. The Labute approximate surface area is 125 Å². The van der Waals surface area contributed by atoms with Crippen molar-refractivity contribution in [2.24, 2.45) is 11.8 Å². The Morgan fingerprint density at radius 3 is 2.89 bits per heavy atom. The van der Waals surface area contributed by atoms with Gasteiger partial charge in [0.15, 0.2) is 0 Å². The lowest BCUT2D eigenvalue weighted by atomic mass is 9.73. The summed E-state index contributed by atoms with van der Waals surface area (Å²) in [7, 11) is 0. The summed E-state index contributed by atoms with van der Waals surface area (Å²) in [4.78, 5) is 0. The standard InChI is InChI=1S/C17H25BrO/c1-13(2)9-14-6-4-8-17(19,11-14)12-15-5-3-7-16(18)10-15/h3,5,7,10,13-14,19H,4,6,8-9,11-12H2,1-2H3. The molecule has 1 N–H and O–H groups in total. The number of benzene rings is 1. The van der Waals surface area contributed by atoms with Crippen LogP contribution in [0.1, 0.15) is 51.5 Å². The van der Waals surface area contributed by atoms with Crippen molar-refractivity contribution in [1.29, 1.82) is 0 Å². The lowest BCUT2D eigenvalue weighted by molar-refractivity contribution is -0.0189. The first-order chi connectivity index (χ1) is 8.97. The van der Waals surface area contributed by atoms with Gasteiger partial charge in [-0.2, -0.15) is 0 Å². The van der Waals surface area contributed by atoms with Crippen LogP contribution in [0.2, 0.25) is 0 Å². The second-order valence-electron chi connectivity index (χ2n) is 6.62. The fraction of sp³-hybridized carbons (Fsp3) is 0.647. The largest absolute Gasteiger partial charge is 0.390 e. The molecule has 1 saturated carbocycles. The van der Waals surface area contributed by atoms with E-state index in [-0.39, 0.29) is 0 Å². The van der Waals surface area contributed by atoms with Gasteiger partial charge in [-0.1, -0.05) is 54.8 Å². The van der Waals surface area contributed by atoms with Crippen molar-refractivity contribution in [3.05, 3.63) is 34.3 Å². The minimum absolute atomic E-state index is 0.488. The lowest BCUT2D eigenvalue weighted by Gasteiger charge is -2.37. The summed E-state index contributed by atoms with van der Waals surface area (Å²) in [5.74, 6) is 1.43. The SMILES string of the molecule is CC(C)CC1CCCC(O)(Cc2cccc(Br)c2)C1. The normalized spacial score (nSPS) is 27.7. The maximum absolute atomic E-state index is 10.9. The van der Waals surface area contributed by atoms with Crippen LogP contribution < -0.4 is 0 Å². The van der Waals surface area contributed by atoms with Crippen LogP contribution in [0.15, 0.2) is 28.7 Å². The molecule has 1 aliphatic carbocycles. The zero-order valence-electron chi connectivity index (χ0n) is 12.0. The van der Waals surface area contributed by atoms with Crippen molar-refractivity contribution in [3.63, 3.8) is 0 Å². The number of aliphatic hydroxyl groups is 1. The number of halogens is 1. The first-order valence-electron chi connectivity index (χ1n) is 7.44. The van der Waals surface area contributed by atoms with Gasteiger partial charge in [-0.05, 0) is 48.8 Å². The number of hydrogen-bond acceptors (Lipinski definition) is 1. The van der Waals surface area contributed by atoms with E-state index in [2.05, 4.69) is 48.0 Å². The molecule has 2 atom stereocenters. The Morgan fingerprint density at radius 1 is 1.42 bits per heavy atom. The first kappa shape index (κ1) is 15.1. The smallest absolute Gasteiger partial charge is 0.0690 e. The van der Waals surface area contributed by atoms with Gasteiger partial charge in [-0.15, -0.1) is 0 Å². The second-order valence-corrected chi connectivity index (χ2v) is 7.54. The fourth-order valence-electron chi connectivity index (χ4n) is 3.52. The van der Waals surface area contributed by atoms with E-state index in [0.717, 1.165) is 29.7 Å². The highest BCUT2D eigenvalue weighted by molar-refractivity contribution is 9.10. The molecular weight excluding hydrogens is 300 g/mol. The Balaban J connectivity index is 2.01. The van der Waals surface area contributed by atoms with Crippen molar-refractivity contribution in [1.82, 2.24) is 0 Å². The average molecular weight is 325 g/mol. The Kier molecular flexibility index (Phi) is 5.08. The van der Waals surface area contributed by atoms with Crippen molar-refractivity contribution in [2.75, 3.05) is 0 Å². The van der Waals surface area contributed by atoms with Gasteiger partial charge in [0, 0.05) is 10.9 Å². The number of rotatable bonds is 4. The molecule has 2 heteroatoms. The van der Waals surface area contributed by atoms with Crippen LogP contribution in [-0.2, 0) is 6.42 Å². The van der Waals surface area contributed by atoms with E-state index in [1.54, 1.807) is 0 Å². The molecule has 1 aliphatic rings. The summed E-state index contributed by atoms with van der Waals surface area (Å²) in [6.45, 7) is 4.56. The zero-order valence-corrected chi connectivity index (χ0v) is 13.6. The maximum Gasteiger partial charge on any atom is 0.0690 e. The van der Waals surface area contributed by atoms with Crippen molar-refractivity contribution in [3.8, 4) is 0 Å². The molecule has 1 aromatic carbocycles. The minimum Gasteiger partial charge on any atom is -0.390 e. The highest BCUT2D eigenvalue weighted by Gasteiger charge is 2.34. The van der Waals surface area contributed by atoms with Gasteiger partial charge in [0.25, 0.3) is 0 Å². The summed E-state index contributed by atoms with van der Waals surface area (Å²) in [6, 6.07) is 8.34. The average Bonchev–Trinajstić information content (AvgIpc) is 2.27. The van der Waals surface area contributed by atoms with E-state index < -0.39 is 5.60 Å². The van der Waals surface area contributed by atoms with Gasteiger partial charge in [0.1, 0.15) is 0 Å². The third-order valence-electron chi connectivity index (χ3n) is 4.15. The lowest BCUT2D eigenvalue weighted by Crippen LogP contribution is -2.37. The zero-order chi connectivity index (χ0) is 13.9. The summed E-state index contributed by atoms with van der Waals surface area (Å²) in [5, 5.41) is 10.9. The van der Waals surface area contributed by atoms with Crippen LogP contribution in [0, 0.1) is 11.8 Å². The van der Waals surface area contributed by atoms with Gasteiger partial charge in [0.2, 0.25) is 0 Å². The third kappa shape index (κ3) is 4.61. The van der Waals surface area contributed by atoms with E-state index in [1.165, 1.54) is 24.8 Å². The van der Waals surface area contributed by atoms with Gasteiger partial charge in [-0.3, -0.25) is 0 Å². The Hall–Kier alpha value is -0.340. The van der Waals surface area contributed by atoms with Crippen LogP contribution in [0.4, 0.5) is 0 Å². The molecule has 1 fully saturated rings. The molecule has 2 rings (SSSR count). The molecule has 1 nitrogen and oxygen atoms in total. The van der Waals surface area contributed by atoms with Crippen LogP contribution in [-0.4, -0.2) is 10.7 Å². The highest BCUT2D eigenvalue weighted by Crippen LogP contribution is 2.37. The van der Waals surface area contributed by atoms with Gasteiger partial charge in [-0.25, -0.2) is 0 Å². The molecule has 0 spiro atoms. The molecule has 0 heterocycles. The molecule has 0 amide bonds. The molecule has 1 aromatic rings. The van der Waals surface area contributed by atoms with Crippen LogP contribution in [0.25, 0.3) is 0 Å². The van der Waals surface area contributed by atoms with Crippen molar-refractivity contribution >= 4 is 15.9 Å². The van der Waals surface area contributed by atoms with E-state index in [9.17, 15) is 5.11 Å². The topological polar surface area (TPSA) is 20.2 Å². The highest BCUT2D eigenvalue weighted by atomic mass is 79.9. The van der Waals surface area contributed by atoms with Gasteiger partial charge in [0.05, 0.1) is 5.60 Å².